The number of carbonyl (C=O) groups excluding carboxylic acids is 1. The van der Waals surface area contributed by atoms with Gasteiger partial charge < -0.3 is 20.1 Å². The molecule has 3 saturated carbocycles. The molecule has 2 saturated heterocycles. The molecule has 7 nitrogen and oxygen atoms in total. The summed E-state index contributed by atoms with van der Waals surface area (Å²) in [5, 5.41) is 12.6. The highest BCUT2D eigenvalue weighted by Gasteiger charge is 2.71. The van der Waals surface area contributed by atoms with Crippen molar-refractivity contribution >= 4 is 17.5 Å². The van der Waals surface area contributed by atoms with Gasteiger partial charge in [0, 0.05) is 36.2 Å². The number of rotatable bonds is 8. The van der Waals surface area contributed by atoms with Gasteiger partial charge in [0.1, 0.15) is 17.6 Å². The van der Waals surface area contributed by atoms with Gasteiger partial charge in [0.15, 0.2) is 6.61 Å². The van der Waals surface area contributed by atoms with E-state index in [1.54, 1.807) is 0 Å². The molecular formula is C23H29ClF4N4O3. The Kier molecular flexibility index (Phi) is 6.67. The summed E-state index contributed by atoms with van der Waals surface area (Å²) in [5.41, 5.74) is -0.138. The van der Waals surface area contributed by atoms with Crippen molar-refractivity contribution in [3.63, 3.8) is 0 Å². The molecule has 35 heavy (non-hydrogen) atoms. The molecule has 194 valence electrons. The van der Waals surface area contributed by atoms with E-state index in [1.165, 1.54) is 12.1 Å². The lowest BCUT2D eigenvalue weighted by Gasteiger charge is -2.72. The Morgan fingerprint density at radius 3 is 2.60 bits per heavy atom. The third-order valence-electron chi connectivity index (χ3n) is 7.62. The molecule has 3 aliphatic carbocycles. The van der Waals surface area contributed by atoms with Crippen molar-refractivity contribution in [3.8, 4) is 5.75 Å². The van der Waals surface area contributed by atoms with E-state index >= 15 is 0 Å². The van der Waals surface area contributed by atoms with Gasteiger partial charge in [-0.05, 0) is 44.2 Å². The zero-order valence-electron chi connectivity index (χ0n) is 19.0. The van der Waals surface area contributed by atoms with Crippen LogP contribution in [0.2, 0.25) is 5.02 Å². The van der Waals surface area contributed by atoms with Gasteiger partial charge in [-0.1, -0.05) is 11.6 Å². The van der Waals surface area contributed by atoms with Crippen molar-refractivity contribution in [3.05, 3.63) is 29.0 Å². The van der Waals surface area contributed by atoms with E-state index in [0.717, 1.165) is 31.9 Å². The minimum absolute atomic E-state index is 0.00559. The Morgan fingerprint density at radius 1 is 1.17 bits per heavy atom. The highest BCUT2D eigenvalue weighted by Crippen LogP contribution is 2.68. The maximum atomic E-state index is 13.5. The van der Waals surface area contributed by atoms with Crippen LogP contribution in [-0.4, -0.2) is 68.3 Å². The molecule has 6 rings (SSSR count). The van der Waals surface area contributed by atoms with Gasteiger partial charge in [0.25, 0.3) is 5.91 Å². The molecule has 12 heteroatoms. The SMILES string of the molecule is O=C(COc1ccc(Cl)c(F)c1)NC12CC(C3NCC(COC4CCC(C(F)(F)F)NC4)N3)(C1)C2. The molecule has 0 radical (unpaired) electrons. The first-order chi connectivity index (χ1) is 16.6. The molecule has 0 aromatic heterocycles. The lowest BCUT2D eigenvalue weighted by atomic mass is 9.38. The van der Waals surface area contributed by atoms with E-state index in [2.05, 4.69) is 21.3 Å². The fourth-order valence-electron chi connectivity index (χ4n) is 5.97. The van der Waals surface area contributed by atoms with Crippen molar-refractivity contribution in [2.75, 3.05) is 26.3 Å². The number of halogens is 5. The predicted octanol–water partition coefficient (Wildman–Crippen LogP) is 2.48. The second-order valence-electron chi connectivity index (χ2n) is 10.3. The van der Waals surface area contributed by atoms with E-state index in [1.807, 2.05) is 0 Å². The molecule has 4 atom stereocenters. The molecule has 2 heterocycles. The second kappa shape index (κ2) is 9.33. The quantitative estimate of drug-likeness (QED) is 0.394. The Labute approximate surface area is 205 Å². The van der Waals surface area contributed by atoms with Crippen molar-refractivity contribution in [2.45, 2.75) is 68.2 Å². The summed E-state index contributed by atoms with van der Waals surface area (Å²) >= 11 is 5.65. The van der Waals surface area contributed by atoms with Crippen LogP contribution in [0.4, 0.5) is 17.6 Å². The summed E-state index contributed by atoms with van der Waals surface area (Å²) in [7, 11) is 0. The second-order valence-corrected chi connectivity index (χ2v) is 10.7. The van der Waals surface area contributed by atoms with Crippen LogP contribution in [-0.2, 0) is 9.53 Å². The maximum absolute atomic E-state index is 13.5. The summed E-state index contributed by atoms with van der Waals surface area (Å²) in [4.78, 5) is 12.3. The Balaban J connectivity index is 0.993. The van der Waals surface area contributed by atoms with Crippen LogP contribution in [0.3, 0.4) is 0 Å². The Hall–Kier alpha value is -1.66. The average Bonchev–Trinajstić information content (AvgIpc) is 3.23. The van der Waals surface area contributed by atoms with Gasteiger partial charge in [-0.25, -0.2) is 4.39 Å². The van der Waals surface area contributed by atoms with Crippen LogP contribution in [0.5, 0.6) is 5.75 Å². The molecule has 1 aromatic rings. The monoisotopic (exact) mass is 520 g/mol. The number of carbonyl (C=O) groups is 1. The van der Waals surface area contributed by atoms with Gasteiger partial charge in [-0.15, -0.1) is 0 Å². The lowest BCUT2D eigenvalue weighted by molar-refractivity contribution is -0.183. The minimum Gasteiger partial charge on any atom is -0.484 e. The molecule has 5 fully saturated rings. The maximum Gasteiger partial charge on any atom is 0.403 e. The first-order valence-electron chi connectivity index (χ1n) is 11.9. The summed E-state index contributed by atoms with van der Waals surface area (Å²) < 4.78 is 63.0. The van der Waals surface area contributed by atoms with Crippen LogP contribution in [0.25, 0.3) is 0 Å². The van der Waals surface area contributed by atoms with Gasteiger partial charge >= 0.3 is 6.18 Å². The summed E-state index contributed by atoms with van der Waals surface area (Å²) in [6, 6.07) is 2.68. The third-order valence-corrected chi connectivity index (χ3v) is 7.92. The van der Waals surface area contributed by atoms with Crippen LogP contribution >= 0.6 is 11.6 Å². The molecule has 2 aliphatic heterocycles. The zero-order valence-corrected chi connectivity index (χ0v) is 19.8. The Bertz CT molecular complexity index is 937. The van der Waals surface area contributed by atoms with Gasteiger partial charge in [-0.3, -0.25) is 15.4 Å². The third kappa shape index (κ3) is 5.24. The lowest BCUT2D eigenvalue weighted by Crippen LogP contribution is -2.80. The van der Waals surface area contributed by atoms with Gasteiger partial charge in [-0.2, -0.15) is 13.2 Å². The average molecular weight is 521 g/mol. The number of nitrogens with one attached hydrogen (secondary N) is 4. The zero-order chi connectivity index (χ0) is 24.8. The molecule has 5 aliphatic rings. The highest BCUT2D eigenvalue weighted by molar-refractivity contribution is 6.30. The van der Waals surface area contributed by atoms with Crippen LogP contribution < -0.4 is 26.0 Å². The molecule has 4 unspecified atom stereocenters. The number of ether oxygens (including phenoxy) is 2. The fraction of sp³-hybridized carbons (Fsp3) is 0.696. The normalized spacial score (nSPS) is 36.3. The van der Waals surface area contributed by atoms with Crippen molar-refractivity contribution in [2.24, 2.45) is 5.41 Å². The first-order valence-corrected chi connectivity index (χ1v) is 12.2. The van der Waals surface area contributed by atoms with E-state index in [-0.39, 0.29) is 65.5 Å². The highest BCUT2D eigenvalue weighted by atomic mass is 35.5. The number of piperidine rings is 1. The smallest absolute Gasteiger partial charge is 0.403 e. The number of alkyl halides is 3. The van der Waals surface area contributed by atoms with Crippen molar-refractivity contribution < 1.29 is 31.8 Å². The van der Waals surface area contributed by atoms with Crippen LogP contribution in [0, 0.1) is 11.2 Å². The van der Waals surface area contributed by atoms with Crippen molar-refractivity contribution in [1.29, 1.82) is 0 Å². The van der Waals surface area contributed by atoms with E-state index < -0.39 is 18.0 Å². The van der Waals surface area contributed by atoms with E-state index in [4.69, 9.17) is 21.1 Å². The number of hydrogen-bond donors (Lipinski definition) is 4. The standard InChI is InChI=1S/C23H29ClF4N4O3/c24-16-3-1-14(5-17(16)25)35-9-19(33)32-22-10-21(11-22,12-22)20-30-6-13(31-20)8-34-15-2-4-18(29-7-15)23(26,27)28/h1,3,5,13,15,18,20,29-31H,2,4,6-12H2,(H,32,33). The fourth-order valence-corrected chi connectivity index (χ4v) is 6.09. The minimum atomic E-state index is -4.21. The van der Waals surface area contributed by atoms with Gasteiger partial charge in [0.05, 0.1) is 23.9 Å². The largest absolute Gasteiger partial charge is 0.484 e. The van der Waals surface area contributed by atoms with Crippen LogP contribution in [0.1, 0.15) is 32.1 Å². The van der Waals surface area contributed by atoms with E-state index in [9.17, 15) is 22.4 Å². The summed E-state index contributed by atoms with van der Waals surface area (Å²) in [5.74, 6) is -0.606. The summed E-state index contributed by atoms with van der Waals surface area (Å²) in [6.45, 7) is 1.17. The van der Waals surface area contributed by atoms with Crippen LogP contribution in [0.15, 0.2) is 18.2 Å². The molecule has 1 aromatic carbocycles. The molecule has 2 bridgehead atoms. The molecule has 4 N–H and O–H groups in total. The number of benzene rings is 1. The topological polar surface area (TPSA) is 83.7 Å². The summed E-state index contributed by atoms with van der Waals surface area (Å²) in [6.07, 6.45) is -1.33. The Morgan fingerprint density at radius 2 is 1.94 bits per heavy atom. The van der Waals surface area contributed by atoms with E-state index in [0.29, 0.717) is 13.0 Å². The first kappa shape index (κ1) is 25.0. The molecular weight excluding hydrogens is 492 g/mol. The molecule has 1 amide bonds. The molecule has 0 spiro atoms. The van der Waals surface area contributed by atoms with Crippen molar-refractivity contribution in [1.82, 2.24) is 21.3 Å². The predicted molar refractivity (Wildman–Crippen MR) is 120 cm³/mol. The number of amides is 1. The number of hydrogen-bond acceptors (Lipinski definition) is 6. The van der Waals surface area contributed by atoms with Gasteiger partial charge in [0.2, 0.25) is 0 Å².